The zero-order valence-corrected chi connectivity index (χ0v) is 14.2. The molecule has 2 aromatic rings. The molecule has 0 aliphatic rings. The normalized spacial score (nSPS) is 10.5. The number of hydrogen-bond donors (Lipinski definition) is 0. The second-order valence-electron chi connectivity index (χ2n) is 4.85. The number of methoxy groups -OCH3 is 4. The maximum absolute atomic E-state index is 12.5. The van der Waals surface area contributed by atoms with E-state index in [0.29, 0.717) is 28.6 Å². The van der Waals surface area contributed by atoms with Crippen LogP contribution in [-0.4, -0.2) is 34.2 Å². The van der Waals surface area contributed by atoms with Crippen molar-refractivity contribution in [3.05, 3.63) is 53.6 Å². The highest BCUT2D eigenvalue weighted by Crippen LogP contribution is 2.32. The van der Waals surface area contributed by atoms with Crippen LogP contribution in [-0.2, 0) is 0 Å². The maximum Gasteiger partial charge on any atom is 0.189 e. The van der Waals surface area contributed by atoms with Gasteiger partial charge in [0.1, 0.15) is 11.5 Å². The fraction of sp³-hybridized carbons (Fsp3) is 0.211. The minimum Gasteiger partial charge on any atom is -0.497 e. The molecule has 0 saturated carbocycles. The standard InChI is InChI=1S/C19H20O5/c1-21-14-9-11-17(22-2)15(12-14)16(20)10-8-13-6-5-7-18(23-3)19(13)24-4/h5-12H,1-4H3/b10-8+. The predicted molar refractivity (Wildman–Crippen MR) is 92.5 cm³/mol. The molecule has 0 saturated heterocycles. The van der Waals surface area contributed by atoms with E-state index in [2.05, 4.69) is 0 Å². The average Bonchev–Trinajstić information content (AvgIpc) is 2.64. The lowest BCUT2D eigenvalue weighted by atomic mass is 10.1. The first kappa shape index (κ1) is 17.4. The monoisotopic (exact) mass is 328 g/mol. The van der Waals surface area contributed by atoms with Crippen LogP contribution in [0, 0.1) is 0 Å². The molecule has 0 aliphatic carbocycles. The molecule has 0 radical (unpaired) electrons. The molecular formula is C19H20O5. The van der Waals surface area contributed by atoms with Gasteiger partial charge in [0, 0.05) is 5.56 Å². The third-order valence-corrected chi connectivity index (χ3v) is 3.52. The van der Waals surface area contributed by atoms with Crippen LogP contribution in [0.25, 0.3) is 6.08 Å². The van der Waals surface area contributed by atoms with E-state index in [1.165, 1.54) is 13.2 Å². The molecular weight excluding hydrogens is 308 g/mol. The summed E-state index contributed by atoms with van der Waals surface area (Å²) < 4.78 is 21.0. The molecule has 126 valence electrons. The quantitative estimate of drug-likeness (QED) is 0.574. The number of ether oxygens (including phenoxy) is 4. The molecule has 0 N–H and O–H groups in total. The van der Waals surface area contributed by atoms with Gasteiger partial charge in [-0.05, 0) is 36.4 Å². The van der Waals surface area contributed by atoms with Gasteiger partial charge in [-0.1, -0.05) is 12.1 Å². The molecule has 0 heterocycles. The molecule has 0 atom stereocenters. The fourth-order valence-electron chi connectivity index (χ4n) is 2.31. The number of benzene rings is 2. The van der Waals surface area contributed by atoms with E-state index < -0.39 is 0 Å². The Morgan fingerprint density at radius 3 is 2.25 bits per heavy atom. The van der Waals surface area contributed by atoms with Gasteiger partial charge in [-0.2, -0.15) is 0 Å². The van der Waals surface area contributed by atoms with Gasteiger partial charge in [0.2, 0.25) is 0 Å². The van der Waals surface area contributed by atoms with Crippen LogP contribution >= 0.6 is 0 Å². The summed E-state index contributed by atoms with van der Waals surface area (Å²) >= 11 is 0. The Morgan fingerprint density at radius 1 is 0.875 bits per heavy atom. The first-order chi connectivity index (χ1) is 11.6. The van der Waals surface area contributed by atoms with Gasteiger partial charge in [0.25, 0.3) is 0 Å². The Labute approximate surface area is 141 Å². The summed E-state index contributed by atoms with van der Waals surface area (Å²) in [6.45, 7) is 0. The summed E-state index contributed by atoms with van der Waals surface area (Å²) in [5.41, 5.74) is 1.17. The van der Waals surface area contributed by atoms with E-state index >= 15 is 0 Å². The Hall–Kier alpha value is -2.95. The van der Waals surface area contributed by atoms with Gasteiger partial charge >= 0.3 is 0 Å². The molecule has 0 unspecified atom stereocenters. The third kappa shape index (κ3) is 3.68. The van der Waals surface area contributed by atoms with E-state index in [0.717, 1.165) is 5.56 Å². The van der Waals surface area contributed by atoms with E-state index in [-0.39, 0.29) is 5.78 Å². The molecule has 5 heteroatoms. The number of hydrogen-bond acceptors (Lipinski definition) is 5. The Kier molecular flexibility index (Phi) is 5.84. The van der Waals surface area contributed by atoms with Gasteiger partial charge in [0.15, 0.2) is 17.3 Å². The van der Waals surface area contributed by atoms with Gasteiger partial charge in [0.05, 0.1) is 34.0 Å². The van der Waals surface area contributed by atoms with Crippen molar-refractivity contribution < 1.29 is 23.7 Å². The fourth-order valence-corrected chi connectivity index (χ4v) is 2.31. The molecule has 0 aromatic heterocycles. The summed E-state index contributed by atoms with van der Waals surface area (Å²) in [6.07, 6.45) is 3.15. The zero-order valence-electron chi connectivity index (χ0n) is 14.2. The molecule has 5 nitrogen and oxygen atoms in total. The summed E-state index contributed by atoms with van der Waals surface area (Å²) in [7, 11) is 6.19. The van der Waals surface area contributed by atoms with Crippen molar-refractivity contribution in [2.45, 2.75) is 0 Å². The van der Waals surface area contributed by atoms with Crippen molar-refractivity contribution in [2.24, 2.45) is 0 Å². The molecule has 2 aromatic carbocycles. The number of ketones is 1. The topological polar surface area (TPSA) is 54.0 Å². The first-order valence-corrected chi connectivity index (χ1v) is 7.30. The summed E-state index contributed by atoms with van der Waals surface area (Å²) in [5.74, 6) is 2.05. The lowest BCUT2D eigenvalue weighted by molar-refractivity contribution is 0.104. The number of para-hydroxylation sites is 1. The highest BCUT2D eigenvalue weighted by Gasteiger charge is 2.12. The second kappa shape index (κ2) is 8.06. The van der Waals surface area contributed by atoms with Gasteiger partial charge < -0.3 is 18.9 Å². The van der Waals surface area contributed by atoms with Gasteiger partial charge in [-0.25, -0.2) is 0 Å². The zero-order chi connectivity index (χ0) is 17.5. The maximum atomic E-state index is 12.5. The number of rotatable bonds is 7. The molecule has 24 heavy (non-hydrogen) atoms. The van der Waals surface area contributed by atoms with E-state index in [4.69, 9.17) is 18.9 Å². The minimum atomic E-state index is -0.198. The summed E-state index contributed by atoms with van der Waals surface area (Å²) in [4.78, 5) is 12.5. The number of carbonyl (C=O) groups excluding carboxylic acids is 1. The first-order valence-electron chi connectivity index (χ1n) is 7.30. The van der Waals surface area contributed by atoms with Crippen LogP contribution in [0.15, 0.2) is 42.5 Å². The van der Waals surface area contributed by atoms with Crippen LogP contribution < -0.4 is 18.9 Å². The van der Waals surface area contributed by atoms with Crippen molar-refractivity contribution in [1.82, 2.24) is 0 Å². The Morgan fingerprint density at radius 2 is 1.62 bits per heavy atom. The lowest BCUT2D eigenvalue weighted by Gasteiger charge is -2.10. The highest BCUT2D eigenvalue weighted by atomic mass is 16.5. The Balaban J connectivity index is 2.35. The largest absolute Gasteiger partial charge is 0.497 e. The predicted octanol–water partition coefficient (Wildman–Crippen LogP) is 3.62. The minimum absolute atomic E-state index is 0.198. The summed E-state index contributed by atoms with van der Waals surface area (Å²) in [5, 5.41) is 0. The molecule has 0 fully saturated rings. The van der Waals surface area contributed by atoms with Crippen LogP contribution in [0.3, 0.4) is 0 Å². The molecule has 0 spiro atoms. The van der Waals surface area contributed by atoms with E-state index in [9.17, 15) is 4.79 Å². The van der Waals surface area contributed by atoms with E-state index in [1.54, 1.807) is 51.7 Å². The number of allylic oxidation sites excluding steroid dienone is 1. The number of carbonyl (C=O) groups is 1. The lowest BCUT2D eigenvalue weighted by Crippen LogP contribution is -2.00. The van der Waals surface area contributed by atoms with Crippen molar-refractivity contribution in [3.8, 4) is 23.0 Å². The molecule has 0 amide bonds. The van der Waals surface area contributed by atoms with Crippen molar-refractivity contribution in [1.29, 1.82) is 0 Å². The van der Waals surface area contributed by atoms with Crippen LogP contribution in [0.1, 0.15) is 15.9 Å². The SMILES string of the molecule is COc1ccc(OC)c(C(=O)/C=C/c2cccc(OC)c2OC)c1. The van der Waals surface area contributed by atoms with Gasteiger partial charge in [-0.3, -0.25) is 4.79 Å². The smallest absolute Gasteiger partial charge is 0.189 e. The third-order valence-electron chi connectivity index (χ3n) is 3.52. The van der Waals surface area contributed by atoms with Gasteiger partial charge in [-0.15, -0.1) is 0 Å². The van der Waals surface area contributed by atoms with Crippen LogP contribution in [0.4, 0.5) is 0 Å². The summed E-state index contributed by atoms with van der Waals surface area (Å²) in [6, 6.07) is 10.6. The molecule has 0 bridgehead atoms. The second-order valence-corrected chi connectivity index (χ2v) is 4.85. The highest BCUT2D eigenvalue weighted by molar-refractivity contribution is 6.09. The molecule has 2 rings (SSSR count). The average molecular weight is 328 g/mol. The molecule has 0 aliphatic heterocycles. The van der Waals surface area contributed by atoms with Crippen LogP contribution in [0.5, 0.6) is 23.0 Å². The van der Waals surface area contributed by atoms with Crippen molar-refractivity contribution >= 4 is 11.9 Å². The van der Waals surface area contributed by atoms with E-state index in [1.807, 2.05) is 12.1 Å². The van der Waals surface area contributed by atoms with Crippen LogP contribution in [0.2, 0.25) is 0 Å². The Bertz CT molecular complexity index is 749. The van der Waals surface area contributed by atoms with Crippen molar-refractivity contribution in [3.63, 3.8) is 0 Å². The van der Waals surface area contributed by atoms with Crippen molar-refractivity contribution in [2.75, 3.05) is 28.4 Å².